The molecule has 124 valence electrons. The van der Waals surface area contributed by atoms with Crippen molar-refractivity contribution in [1.82, 2.24) is 0 Å². The lowest BCUT2D eigenvalue weighted by Crippen LogP contribution is -2.18. The second-order valence-electron chi connectivity index (χ2n) is 5.66. The highest BCUT2D eigenvalue weighted by Crippen LogP contribution is 2.19. The zero-order valence-electron chi connectivity index (χ0n) is 14.1. The Morgan fingerprint density at radius 1 is 0.955 bits per heavy atom. The van der Waals surface area contributed by atoms with Gasteiger partial charge in [0.15, 0.2) is 6.10 Å². The lowest BCUT2D eigenvalue weighted by molar-refractivity contribution is -0.154. The average Bonchev–Trinajstić information content (AvgIpc) is 2.57. The fourth-order valence-electron chi connectivity index (χ4n) is 2.47. The minimum absolute atomic E-state index is 0.328. The van der Waals surface area contributed by atoms with Crippen molar-refractivity contribution < 1.29 is 14.3 Å². The van der Waals surface area contributed by atoms with E-state index in [-0.39, 0.29) is 5.97 Å². The van der Waals surface area contributed by atoms with E-state index in [4.69, 9.17) is 9.47 Å². The van der Waals surface area contributed by atoms with Crippen molar-refractivity contribution in [1.29, 1.82) is 0 Å². The average molecular weight is 306 g/mol. The standard InChI is InChI=1S/C19H30O3/c1-3-4-5-6-7-8-9-13-16-22-18(19(20)21-2)17-14-11-10-12-15-17/h10-12,14-15,18H,3-9,13,16H2,1-2H3/t18-/m1/s1. The molecule has 3 nitrogen and oxygen atoms in total. The van der Waals surface area contributed by atoms with E-state index < -0.39 is 6.10 Å². The Bertz CT molecular complexity index is 389. The van der Waals surface area contributed by atoms with Crippen molar-refractivity contribution in [2.24, 2.45) is 0 Å². The SMILES string of the molecule is CCCCCCCCCCO[C@@H](C(=O)OC)c1ccccc1. The number of carbonyl (C=O) groups is 1. The number of ether oxygens (including phenoxy) is 2. The molecular weight excluding hydrogens is 276 g/mol. The second-order valence-corrected chi connectivity index (χ2v) is 5.66. The van der Waals surface area contributed by atoms with Crippen LogP contribution in [0.3, 0.4) is 0 Å². The summed E-state index contributed by atoms with van der Waals surface area (Å²) < 4.78 is 10.6. The Morgan fingerprint density at radius 3 is 2.14 bits per heavy atom. The second kappa shape index (κ2) is 12.2. The van der Waals surface area contributed by atoms with Crippen LogP contribution in [0.1, 0.15) is 70.0 Å². The normalized spacial score (nSPS) is 12.1. The molecule has 0 aliphatic rings. The van der Waals surface area contributed by atoms with Gasteiger partial charge in [0.2, 0.25) is 0 Å². The summed E-state index contributed by atoms with van der Waals surface area (Å²) in [6.07, 6.45) is 9.44. The highest BCUT2D eigenvalue weighted by atomic mass is 16.6. The molecule has 0 aliphatic heterocycles. The van der Waals surface area contributed by atoms with E-state index in [1.54, 1.807) is 0 Å². The van der Waals surface area contributed by atoms with Crippen LogP contribution in [0.5, 0.6) is 0 Å². The van der Waals surface area contributed by atoms with Gasteiger partial charge in [0.1, 0.15) is 0 Å². The molecule has 0 aromatic heterocycles. The van der Waals surface area contributed by atoms with Gasteiger partial charge in [0.25, 0.3) is 0 Å². The van der Waals surface area contributed by atoms with Crippen molar-refractivity contribution in [2.45, 2.75) is 64.4 Å². The van der Waals surface area contributed by atoms with Gasteiger partial charge in [0, 0.05) is 6.61 Å². The number of carbonyl (C=O) groups excluding carboxylic acids is 1. The largest absolute Gasteiger partial charge is 0.467 e. The molecule has 0 heterocycles. The Kier molecular flexibility index (Phi) is 10.4. The van der Waals surface area contributed by atoms with Gasteiger partial charge in [-0.15, -0.1) is 0 Å². The van der Waals surface area contributed by atoms with Gasteiger partial charge in [0.05, 0.1) is 7.11 Å². The number of unbranched alkanes of at least 4 members (excludes halogenated alkanes) is 7. The summed E-state index contributed by atoms with van der Waals surface area (Å²) in [5.74, 6) is -0.328. The number of hydrogen-bond donors (Lipinski definition) is 0. The summed E-state index contributed by atoms with van der Waals surface area (Å²) in [7, 11) is 1.40. The molecule has 3 heteroatoms. The zero-order chi connectivity index (χ0) is 16.0. The molecule has 0 N–H and O–H groups in total. The maximum absolute atomic E-state index is 11.8. The van der Waals surface area contributed by atoms with Crippen molar-refractivity contribution in [3.8, 4) is 0 Å². The van der Waals surface area contributed by atoms with Crippen LogP contribution in [0.4, 0.5) is 0 Å². The maximum Gasteiger partial charge on any atom is 0.339 e. The smallest absolute Gasteiger partial charge is 0.339 e. The summed E-state index contributed by atoms with van der Waals surface area (Å²) in [5, 5.41) is 0. The van der Waals surface area contributed by atoms with Crippen LogP contribution in [0.2, 0.25) is 0 Å². The van der Waals surface area contributed by atoms with E-state index in [1.807, 2.05) is 30.3 Å². The molecule has 1 aromatic rings. The van der Waals surface area contributed by atoms with Crippen LogP contribution in [0.25, 0.3) is 0 Å². The Labute approximate surface area is 135 Å². The van der Waals surface area contributed by atoms with Gasteiger partial charge in [-0.25, -0.2) is 4.79 Å². The lowest BCUT2D eigenvalue weighted by atomic mass is 10.1. The first-order chi connectivity index (χ1) is 10.8. The first-order valence-electron chi connectivity index (χ1n) is 8.54. The molecule has 0 spiro atoms. The fourth-order valence-corrected chi connectivity index (χ4v) is 2.47. The Morgan fingerprint density at radius 2 is 1.55 bits per heavy atom. The molecule has 22 heavy (non-hydrogen) atoms. The fraction of sp³-hybridized carbons (Fsp3) is 0.632. The van der Waals surface area contributed by atoms with E-state index >= 15 is 0 Å². The van der Waals surface area contributed by atoms with Gasteiger partial charge in [-0.3, -0.25) is 0 Å². The van der Waals surface area contributed by atoms with E-state index in [2.05, 4.69) is 6.92 Å². The first kappa shape index (κ1) is 18.7. The quantitative estimate of drug-likeness (QED) is 0.400. The molecule has 1 atom stereocenters. The van der Waals surface area contributed by atoms with E-state index in [1.165, 1.54) is 45.6 Å². The zero-order valence-corrected chi connectivity index (χ0v) is 14.1. The third-order valence-corrected chi connectivity index (χ3v) is 3.80. The van der Waals surface area contributed by atoms with Gasteiger partial charge in [-0.1, -0.05) is 82.2 Å². The first-order valence-corrected chi connectivity index (χ1v) is 8.54. The molecule has 0 bridgehead atoms. The highest BCUT2D eigenvalue weighted by molar-refractivity contribution is 5.76. The van der Waals surface area contributed by atoms with Crippen LogP contribution < -0.4 is 0 Å². The molecule has 0 radical (unpaired) electrons. The van der Waals surface area contributed by atoms with Gasteiger partial charge < -0.3 is 9.47 Å². The Hall–Kier alpha value is -1.35. The van der Waals surface area contributed by atoms with Crippen LogP contribution in [0, 0.1) is 0 Å². The van der Waals surface area contributed by atoms with E-state index in [0.717, 1.165) is 18.4 Å². The summed E-state index contributed by atoms with van der Waals surface area (Å²) in [6, 6.07) is 9.54. The number of esters is 1. The minimum atomic E-state index is -0.601. The maximum atomic E-state index is 11.8. The van der Waals surface area contributed by atoms with Crippen molar-refractivity contribution in [2.75, 3.05) is 13.7 Å². The highest BCUT2D eigenvalue weighted by Gasteiger charge is 2.21. The van der Waals surface area contributed by atoms with Gasteiger partial charge in [-0.2, -0.15) is 0 Å². The summed E-state index contributed by atoms with van der Waals surface area (Å²) in [5.41, 5.74) is 0.855. The number of benzene rings is 1. The predicted octanol–water partition coefficient (Wildman–Crippen LogP) is 5.06. The minimum Gasteiger partial charge on any atom is -0.467 e. The van der Waals surface area contributed by atoms with Crippen molar-refractivity contribution in [3.63, 3.8) is 0 Å². The summed E-state index contributed by atoms with van der Waals surface area (Å²) in [6.45, 7) is 2.84. The third kappa shape index (κ3) is 7.60. The monoisotopic (exact) mass is 306 g/mol. The van der Waals surface area contributed by atoms with Gasteiger partial charge in [-0.05, 0) is 12.0 Å². The van der Waals surface area contributed by atoms with E-state index in [9.17, 15) is 4.79 Å². The molecule has 1 rings (SSSR count). The lowest BCUT2D eigenvalue weighted by Gasteiger charge is -2.16. The molecule has 1 aromatic carbocycles. The molecule has 0 aliphatic carbocycles. The number of methoxy groups -OCH3 is 1. The number of rotatable bonds is 12. The summed E-state index contributed by atoms with van der Waals surface area (Å²) in [4.78, 5) is 11.8. The predicted molar refractivity (Wildman–Crippen MR) is 89.8 cm³/mol. The van der Waals surface area contributed by atoms with Crippen LogP contribution in [0.15, 0.2) is 30.3 Å². The van der Waals surface area contributed by atoms with Crippen molar-refractivity contribution in [3.05, 3.63) is 35.9 Å². The van der Waals surface area contributed by atoms with Crippen molar-refractivity contribution >= 4 is 5.97 Å². The molecule has 0 saturated heterocycles. The van der Waals surface area contributed by atoms with Crippen LogP contribution >= 0.6 is 0 Å². The molecule has 0 amide bonds. The Balaban J connectivity index is 2.21. The third-order valence-electron chi connectivity index (χ3n) is 3.80. The molecule has 0 unspecified atom stereocenters. The van der Waals surface area contributed by atoms with Crippen LogP contribution in [-0.2, 0) is 14.3 Å². The molecule has 0 fully saturated rings. The topological polar surface area (TPSA) is 35.5 Å². The molecule has 0 saturated carbocycles. The number of hydrogen-bond acceptors (Lipinski definition) is 3. The van der Waals surface area contributed by atoms with E-state index in [0.29, 0.717) is 6.61 Å². The summed E-state index contributed by atoms with van der Waals surface area (Å²) >= 11 is 0. The van der Waals surface area contributed by atoms with Gasteiger partial charge >= 0.3 is 5.97 Å². The molecular formula is C19H30O3. The van der Waals surface area contributed by atoms with Crippen LogP contribution in [-0.4, -0.2) is 19.7 Å².